The van der Waals surface area contributed by atoms with Gasteiger partial charge in [-0.3, -0.25) is 4.79 Å². The van der Waals surface area contributed by atoms with Gasteiger partial charge in [0.05, 0.1) is 15.3 Å². The minimum Gasteiger partial charge on any atom is -0.395 e. The molecule has 0 saturated heterocycles. The van der Waals surface area contributed by atoms with Gasteiger partial charge in [0, 0.05) is 32.6 Å². The number of aliphatic hydroxyl groups is 1. The molecule has 0 aliphatic carbocycles. The van der Waals surface area contributed by atoms with Gasteiger partial charge in [-0.2, -0.15) is 0 Å². The van der Waals surface area contributed by atoms with E-state index in [1.54, 1.807) is 0 Å². The number of thiophene rings is 1. The monoisotopic (exact) mass is 320 g/mol. The minimum absolute atomic E-state index is 0.158. The molecular weight excluding hydrogens is 304 g/mol. The summed E-state index contributed by atoms with van der Waals surface area (Å²) in [6.07, 6.45) is 0.521. The van der Waals surface area contributed by atoms with Gasteiger partial charge >= 0.3 is 0 Å². The molecule has 6 heteroatoms. The third kappa shape index (κ3) is 6.28. The summed E-state index contributed by atoms with van der Waals surface area (Å²) in [7, 11) is 0. The number of nitrogens with one attached hydrogen (secondary N) is 2. The fourth-order valence-corrected chi connectivity index (χ4v) is 2.65. The highest BCUT2D eigenvalue weighted by atomic mass is 79.9. The van der Waals surface area contributed by atoms with E-state index in [0.29, 0.717) is 19.5 Å². The first-order chi connectivity index (χ1) is 8.24. The molecule has 0 amide bonds. The summed E-state index contributed by atoms with van der Waals surface area (Å²) in [5.74, 6) is 0.177. The Balaban J connectivity index is 2.05. The Kier molecular flexibility index (Phi) is 7.63. The Hall–Kier alpha value is -0.270. The number of Topliss-reactive ketones (excluding diaryl/α,β-unsaturated/α-hetero) is 1. The van der Waals surface area contributed by atoms with Gasteiger partial charge in [-0.1, -0.05) is 0 Å². The summed E-state index contributed by atoms with van der Waals surface area (Å²) >= 11 is 4.81. The van der Waals surface area contributed by atoms with Crippen LogP contribution >= 0.6 is 27.3 Å². The van der Waals surface area contributed by atoms with E-state index in [0.717, 1.165) is 21.8 Å². The van der Waals surface area contributed by atoms with Gasteiger partial charge in [0.2, 0.25) is 0 Å². The molecule has 1 heterocycles. The lowest BCUT2D eigenvalue weighted by molar-refractivity contribution is 0.0986. The van der Waals surface area contributed by atoms with Gasteiger partial charge in [0.15, 0.2) is 5.78 Å². The third-order valence-electron chi connectivity index (χ3n) is 2.14. The SMILES string of the molecule is O=C(CCNCCNCCO)c1ccc(Br)s1. The molecule has 0 saturated carbocycles. The maximum Gasteiger partial charge on any atom is 0.174 e. The van der Waals surface area contributed by atoms with Crippen molar-refractivity contribution < 1.29 is 9.90 Å². The smallest absolute Gasteiger partial charge is 0.174 e. The van der Waals surface area contributed by atoms with Gasteiger partial charge in [0.25, 0.3) is 0 Å². The molecule has 0 aliphatic heterocycles. The summed E-state index contributed by atoms with van der Waals surface area (Å²) in [6, 6.07) is 3.74. The van der Waals surface area contributed by atoms with Crippen molar-refractivity contribution in [3.05, 3.63) is 20.8 Å². The molecule has 0 atom stereocenters. The molecule has 0 fully saturated rings. The Morgan fingerprint density at radius 1 is 1.24 bits per heavy atom. The Labute approximate surface area is 114 Å². The highest BCUT2D eigenvalue weighted by Crippen LogP contribution is 2.22. The molecule has 0 bridgehead atoms. The zero-order chi connectivity index (χ0) is 12.5. The summed E-state index contributed by atoms with van der Waals surface area (Å²) in [6.45, 7) is 3.07. The van der Waals surface area contributed by atoms with E-state index in [2.05, 4.69) is 26.6 Å². The predicted molar refractivity (Wildman–Crippen MR) is 73.8 cm³/mol. The lowest BCUT2D eigenvalue weighted by Crippen LogP contribution is -2.30. The van der Waals surface area contributed by atoms with E-state index in [1.165, 1.54) is 11.3 Å². The van der Waals surface area contributed by atoms with E-state index in [9.17, 15) is 4.79 Å². The number of hydrogen-bond acceptors (Lipinski definition) is 5. The minimum atomic E-state index is 0.158. The Bertz CT molecular complexity index is 344. The Morgan fingerprint density at radius 3 is 2.53 bits per heavy atom. The van der Waals surface area contributed by atoms with Crippen LogP contribution in [0.2, 0.25) is 0 Å². The molecule has 1 aromatic rings. The molecule has 0 radical (unpaired) electrons. The largest absolute Gasteiger partial charge is 0.395 e. The number of halogens is 1. The van der Waals surface area contributed by atoms with Gasteiger partial charge in [-0.15, -0.1) is 11.3 Å². The van der Waals surface area contributed by atoms with E-state index < -0.39 is 0 Å². The van der Waals surface area contributed by atoms with Gasteiger partial charge < -0.3 is 15.7 Å². The molecule has 0 aliphatic rings. The molecule has 96 valence electrons. The zero-order valence-corrected chi connectivity index (χ0v) is 11.9. The summed E-state index contributed by atoms with van der Waals surface area (Å²) in [4.78, 5) is 12.5. The fraction of sp³-hybridized carbons (Fsp3) is 0.545. The molecule has 1 rings (SSSR count). The van der Waals surface area contributed by atoms with Crippen molar-refractivity contribution in [2.75, 3.05) is 32.8 Å². The molecule has 0 unspecified atom stereocenters. The quantitative estimate of drug-likeness (QED) is 0.473. The second kappa shape index (κ2) is 8.77. The first kappa shape index (κ1) is 14.8. The van der Waals surface area contributed by atoms with Crippen molar-refractivity contribution in [3.8, 4) is 0 Å². The van der Waals surface area contributed by atoms with Crippen LogP contribution < -0.4 is 10.6 Å². The average molecular weight is 321 g/mol. The van der Waals surface area contributed by atoms with Gasteiger partial charge in [-0.25, -0.2) is 0 Å². The van der Waals surface area contributed by atoms with Crippen LogP contribution in [0, 0.1) is 0 Å². The molecule has 0 aromatic carbocycles. The third-order valence-corrected chi connectivity index (χ3v) is 3.81. The van der Waals surface area contributed by atoms with E-state index >= 15 is 0 Å². The number of carbonyl (C=O) groups is 1. The van der Waals surface area contributed by atoms with Crippen molar-refractivity contribution >= 4 is 33.0 Å². The highest BCUT2D eigenvalue weighted by molar-refractivity contribution is 9.11. The predicted octanol–water partition coefficient (Wildman–Crippen LogP) is 1.25. The first-order valence-corrected chi connectivity index (χ1v) is 7.16. The summed E-state index contributed by atoms with van der Waals surface area (Å²) in [5, 5.41) is 14.8. The first-order valence-electron chi connectivity index (χ1n) is 5.55. The van der Waals surface area contributed by atoms with Crippen LogP contribution in [0.4, 0.5) is 0 Å². The molecule has 1 aromatic heterocycles. The molecule has 4 nitrogen and oxygen atoms in total. The van der Waals surface area contributed by atoms with Crippen LogP contribution in [0.15, 0.2) is 15.9 Å². The molecule has 3 N–H and O–H groups in total. The van der Waals surface area contributed by atoms with Crippen LogP contribution in [0.3, 0.4) is 0 Å². The maximum absolute atomic E-state index is 11.7. The van der Waals surface area contributed by atoms with Crippen molar-refractivity contribution in [2.24, 2.45) is 0 Å². The normalized spacial score (nSPS) is 10.7. The van der Waals surface area contributed by atoms with Crippen molar-refractivity contribution in [1.29, 1.82) is 0 Å². The van der Waals surface area contributed by atoms with Crippen molar-refractivity contribution in [1.82, 2.24) is 10.6 Å². The Morgan fingerprint density at radius 2 is 1.94 bits per heavy atom. The number of ketones is 1. The van der Waals surface area contributed by atoms with Crippen LogP contribution in [0.1, 0.15) is 16.1 Å². The summed E-state index contributed by atoms with van der Waals surface area (Å²) < 4.78 is 0.988. The molecule has 0 spiro atoms. The van der Waals surface area contributed by atoms with Crippen molar-refractivity contribution in [2.45, 2.75) is 6.42 Å². The number of rotatable bonds is 9. The zero-order valence-electron chi connectivity index (χ0n) is 9.54. The molecule has 17 heavy (non-hydrogen) atoms. The topological polar surface area (TPSA) is 61.4 Å². The summed E-state index contributed by atoms with van der Waals surface area (Å²) in [5.41, 5.74) is 0. The van der Waals surface area contributed by atoms with E-state index in [-0.39, 0.29) is 12.4 Å². The second-order valence-corrected chi connectivity index (χ2v) is 5.96. The number of carbonyl (C=O) groups excluding carboxylic acids is 1. The fourth-order valence-electron chi connectivity index (χ4n) is 1.30. The van der Waals surface area contributed by atoms with Crippen LogP contribution in [-0.2, 0) is 0 Å². The number of aliphatic hydroxyl groups excluding tert-OH is 1. The van der Waals surface area contributed by atoms with Crippen molar-refractivity contribution in [3.63, 3.8) is 0 Å². The second-order valence-electron chi connectivity index (χ2n) is 3.50. The van der Waals surface area contributed by atoms with Crippen LogP contribution in [0.5, 0.6) is 0 Å². The highest BCUT2D eigenvalue weighted by Gasteiger charge is 2.07. The van der Waals surface area contributed by atoms with E-state index in [4.69, 9.17) is 5.11 Å². The number of hydrogen-bond donors (Lipinski definition) is 3. The van der Waals surface area contributed by atoms with Crippen LogP contribution in [0.25, 0.3) is 0 Å². The van der Waals surface area contributed by atoms with E-state index in [1.807, 2.05) is 12.1 Å². The van der Waals surface area contributed by atoms with Gasteiger partial charge in [0.1, 0.15) is 0 Å². The lowest BCUT2D eigenvalue weighted by atomic mass is 10.2. The van der Waals surface area contributed by atoms with Crippen LogP contribution in [-0.4, -0.2) is 43.7 Å². The average Bonchev–Trinajstić information content (AvgIpc) is 2.74. The molecular formula is C11H17BrN2O2S. The standard InChI is InChI=1S/C11H17BrN2O2S/c12-11-2-1-10(17-11)9(16)3-4-13-5-6-14-7-8-15/h1-2,13-15H,3-8H2. The lowest BCUT2D eigenvalue weighted by Gasteiger charge is -2.04. The maximum atomic E-state index is 11.7. The van der Waals surface area contributed by atoms with Gasteiger partial charge in [-0.05, 0) is 28.1 Å².